The highest BCUT2D eigenvalue weighted by molar-refractivity contribution is 5.56. The molecule has 1 heterocycles. The van der Waals surface area contributed by atoms with Gasteiger partial charge in [0.2, 0.25) is 5.89 Å². The van der Waals surface area contributed by atoms with Crippen molar-refractivity contribution in [3.05, 3.63) is 35.7 Å². The molecule has 0 saturated carbocycles. The highest BCUT2D eigenvalue weighted by Gasteiger charge is 2.07. The minimum absolute atomic E-state index is 0.344. The lowest BCUT2D eigenvalue weighted by atomic mass is 10.3. The van der Waals surface area contributed by atoms with Crippen molar-refractivity contribution in [3.63, 3.8) is 0 Å². The fraction of sp³-hybridized carbons (Fsp3) is 0.333. The van der Waals surface area contributed by atoms with Crippen LogP contribution < -0.4 is 10.1 Å². The second kappa shape index (κ2) is 5.48. The number of benzene rings is 1. The molecule has 0 saturated heterocycles. The molecule has 1 aromatic carbocycles. The molecule has 0 aliphatic heterocycles. The number of halogens is 1. The molecule has 0 aliphatic carbocycles. The number of hydrogen-bond donors (Lipinski definition) is 1. The van der Waals surface area contributed by atoms with E-state index in [4.69, 9.17) is 9.26 Å². The van der Waals surface area contributed by atoms with Gasteiger partial charge >= 0.3 is 0 Å². The number of methoxy groups -OCH3 is 1. The fourth-order valence-corrected chi connectivity index (χ4v) is 1.49. The molecule has 0 amide bonds. The molecular weight excluding hydrogens is 237 g/mol. The normalized spacial score (nSPS) is 10.4. The van der Waals surface area contributed by atoms with Gasteiger partial charge in [0, 0.05) is 12.5 Å². The number of aromatic nitrogens is 2. The number of ether oxygens (including phenoxy) is 1. The van der Waals surface area contributed by atoms with Gasteiger partial charge in [0.15, 0.2) is 5.82 Å². The van der Waals surface area contributed by atoms with Crippen molar-refractivity contribution >= 4 is 5.69 Å². The molecule has 0 spiro atoms. The summed E-state index contributed by atoms with van der Waals surface area (Å²) in [7, 11) is 1.49. The number of nitrogens with zero attached hydrogens (tertiary/aromatic N) is 2. The first-order chi connectivity index (χ1) is 8.72. The molecule has 0 bridgehead atoms. The first-order valence-corrected chi connectivity index (χ1v) is 5.61. The van der Waals surface area contributed by atoms with Crippen LogP contribution in [0.2, 0.25) is 0 Å². The van der Waals surface area contributed by atoms with Crippen LogP contribution in [0.4, 0.5) is 10.1 Å². The van der Waals surface area contributed by atoms with Crippen molar-refractivity contribution in [2.45, 2.75) is 19.9 Å². The van der Waals surface area contributed by atoms with Gasteiger partial charge in [0.1, 0.15) is 11.6 Å². The summed E-state index contributed by atoms with van der Waals surface area (Å²) in [4.78, 5) is 4.16. The zero-order valence-corrected chi connectivity index (χ0v) is 10.2. The minimum atomic E-state index is -0.344. The predicted octanol–water partition coefficient (Wildman–Crippen LogP) is 2.39. The van der Waals surface area contributed by atoms with E-state index in [0.29, 0.717) is 29.7 Å². The Labute approximate surface area is 104 Å². The molecule has 1 N–H and O–H groups in total. The van der Waals surface area contributed by atoms with Gasteiger partial charge in [-0.05, 0) is 12.1 Å². The molecule has 6 heteroatoms. The summed E-state index contributed by atoms with van der Waals surface area (Å²) in [6, 6.07) is 4.27. The average Bonchev–Trinajstić information content (AvgIpc) is 2.85. The van der Waals surface area contributed by atoms with Crippen LogP contribution in [0.3, 0.4) is 0 Å². The molecule has 5 nitrogen and oxygen atoms in total. The van der Waals surface area contributed by atoms with E-state index in [2.05, 4.69) is 15.5 Å². The highest BCUT2D eigenvalue weighted by atomic mass is 19.1. The molecule has 0 aliphatic rings. The van der Waals surface area contributed by atoms with Crippen LogP contribution in [0.5, 0.6) is 5.75 Å². The van der Waals surface area contributed by atoms with Crippen molar-refractivity contribution in [3.8, 4) is 5.75 Å². The number of rotatable bonds is 5. The lowest BCUT2D eigenvalue weighted by Gasteiger charge is -2.09. The zero-order valence-electron chi connectivity index (χ0n) is 10.2. The van der Waals surface area contributed by atoms with E-state index >= 15 is 0 Å². The van der Waals surface area contributed by atoms with Gasteiger partial charge in [-0.25, -0.2) is 4.39 Å². The van der Waals surface area contributed by atoms with E-state index in [1.807, 2.05) is 6.92 Å². The average molecular weight is 251 g/mol. The van der Waals surface area contributed by atoms with Gasteiger partial charge in [0.05, 0.1) is 19.3 Å². The van der Waals surface area contributed by atoms with Crippen LogP contribution in [0.15, 0.2) is 22.7 Å². The van der Waals surface area contributed by atoms with Gasteiger partial charge in [-0.3, -0.25) is 0 Å². The largest absolute Gasteiger partial charge is 0.494 e. The Balaban J connectivity index is 2.05. The number of aryl methyl sites for hydroxylation is 1. The topological polar surface area (TPSA) is 60.2 Å². The minimum Gasteiger partial charge on any atom is -0.494 e. The Kier molecular flexibility index (Phi) is 3.76. The van der Waals surface area contributed by atoms with Gasteiger partial charge in [0.25, 0.3) is 0 Å². The summed E-state index contributed by atoms with van der Waals surface area (Å²) >= 11 is 0. The SMILES string of the molecule is CCc1noc(CNc2ccc(F)cc2OC)n1. The van der Waals surface area contributed by atoms with Gasteiger partial charge in [-0.15, -0.1) is 0 Å². The van der Waals surface area contributed by atoms with E-state index in [0.717, 1.165) is 6.42 Å². The molecule has 96 valence electrons. The van der Waals surface area contributed by atoms with Crippen LogP contribution in [0.1, 0.15) is 18.6 Å². The Morgan fingerprint density at radius 3 is 2.94 bits per heavy atom. The standard InChI is InChI=1S/C12H14FN3O2/c1-3-11-15-12(18-16-11)7-14-9-5-4-8(13)6-10(9)17-2/h4-6,14H,3,7H2,1-2H3. The summed E-state index contributed by atoms with van der Waals surface area (Å²) < 4.78 is 23.1. The molecular formula is C12H14FN3O2. The molecule has 0 radical (unpaired) electrons. The van der Waals surface area contributed by atoms with Gasteiger partial charge < -0.3 is 14.6 Å². The Morgan fingerprint density at radius 2 is 2.28 bits per heavy atom. The summed E-state index contributed by atoms with van der Waals surface area (Å²) in [5.74, 6) is 1.24. The van der Waals surface area contributed by atoms with Crippen molar-refractivity contribution < 1.29 is 13.7 Å². The van der Waals surface area contributed by atoms with E-state index in [-0.39, 0.29) is 5.82 Å². The molecule has 2 aromatic rings. The fourth-order valence-electron chi connectivity index (χ4n) is 1.49. The summed E-state index contributed by atoms with van der Waals surface area (Å²) in [6.45, 7) is 2.32. The van der Waals surface area contributed by atoms with Crippen molar-refractivity contribution in [1.82, 2.24) is 10.1 Å². The summed E-state index contributed by atoms with van der Waals surface area (Å²) in [5.41, 5.74) is 0.676. The summed E-state index contributed by atoms with van der Waals surface area (Å²) in [5, 5.41) is 6.84. The smallest absolute Gasteiger partial charge is 0.245 e. The van der Waals surface area contributed by atoms with Crippen LogP contribution >= 0.6 is 0 Å². The lowest BCUT2D eigenvalue weighted by molar-refractivity contribution is 0.377. The van der Waals surface area contributed by atoms with Crippen molar-refractivity contribution in [1.29, 1.82) is 0 Å². The number of hydrogen-bond acceptors (Lipinski definition) is 5. The number of anilines is 1. The highest BCUT2D eigenvalue weighted by Crippen LogP contribution is 2.25. The molecule has 0 unspecified atom stereocenters. The molecule has 2 rings (SSSR count). The second-order valence-electron chi connectivity index (χ2n) is 3.66. The maximum atomic E-state index is 13.0. The maximum absolute atomic E-state index is 13.0. The van der Waals surface area contributed by atoms with Crippen molar-refractivity contribution in [2.24, 2.45) is 0 Å². The van der Waals surface area contributed by atoms with Gasteiger partial charge in [-0.1, -0.05) is 12.1 Å². The lowest BCUT2D eigenvalue weighted by Crippen LogP contribution is -2.02. The first-order valence-electron chi connectivity index (χ1n) is 5.61. The Morgan fingerprint density at radius 1 is 1.44 bits per heavy atom. The summed E-state index contributed by atoms with van der Waals surface area (Å²) in [6.07, 6.45) is 0.726. The quantitative estimate of drug-likeness (QED) is 0.884. The van der Waals surface area contributed by atoms with Gasteiger partial charge in [-0.2, -0.15) is 4.98 Å². The second-order valence-corrected chi connectivity index (χ2v) is 3.66. The number of nitrogens with one attached hydrogen (secondary N) is 1. The third kappa shape index (κ3) is 2.77. The monoisotopic (exact) mass is 251 g/mol. The molecule has 1 aromatic heterocycles. The maximum Gasteiger partial charge on any atom is 0.245 e. The predicted molar refractivity (Wildman–Crippen MR) is 64.0 cm³/mol. The van der Waals surface area contributed by atoms with Crippen LogP contribution in [0.25, 0.3) is 0 Å². The van der Waals surface area contributed by atoms with Crippen LogP contribution in [0, 0.1) is 5.82 Å². The van der Waals surface area contributed by atoms with E-state index < -0.39 is 0 Å². The molecule has 0 fully saturated rings. The van der Waals surface area contributed by atoms with E-state index in [9.17, 15) is 4.39 Å². The third-order valence-electron chi connectivity index (χ3n) is 2.42. The van der Waals surface area contributed by atoms with Crippen LogP contribution in [-0.2, 0) is 13.0 Å². The first kappa shape index (κ1) is 12.3. The van der Waals surface area contributed by atoms with Crippen molar-refractivity contribution in [2.75, 3.05) is 12.4 Å². The third-order valence-corrected chi connectivity index (χ3v) is 2.42. The Bertz CT molecular complexity index is 528. The van der Waals surface area contributed by atoms with E-state index in [1.54, 1.807) is 6.07 Å². The Hall–Kier alpha value is -2.11. The molecule has 18 heavy (non-hydrogen) atoms. The van der Waals surface area contributed by atoms with E-state index in [1.165, 1.54) is 19.2 Å². The molecule has 0 atom stereocenters. The van der Waals surface area contributed by atoms with Crippen LogP contribution in [-0.4, -0.2) is 17.3 Å². The zero-order chi connectivity index (χ0) is 13.0.